The van der Waals surface area contributed by atoms with Gasteiger partial charge in [-0.2, -0.15) is 0 Å². The topological polar surface area (TPSA) is 20.2 Å². The van der Waals surface area contributed by atoms with E-state index in [2.05, 4.69) is 145 Å². The second-order valence-electron chi connectivity index (χ2n) is 39.8. The first-order valence-electron chi connectivity index (χ1n) is 33.9. The molecule has 432 valence electrons. The Balaban J connectivity index is 0.000000107. The summed E-state index contributed by atoms with van der Waals surface area (Å²) >= 11 is 0. The van der Waals surface area contributed by atoms with Crippen LogP contribution in [0.4, 0.5) is 0 Å². The zero-order chi connectivity index (χ0) is 55.0. The molecule has 18 saturated carbocycles. The minimum absolute atomic E-state index is 0.256. The summed E-state index contributed by atoms with van der Waals surface area (Å²) in [7, 11) is 0. The van der Waals surface area contributed by atoms with Gasteiger partial charge in [-0.05, 0) is 315 Å². The number of hydrogen-bond acceptors (Lipinski definition) is 1. The summed E-state index contributed by atoms with van der Waals surface area (Å²) < 4.78 is 0. The van der Waals surface area contributed by atoms with E-state index in [9.17, 15) is 5.11 Å². The van der Waals surface area contributed by atoms with E-state index in [0.29, 0.717) is 59.6 Å². The molecular formula is C74H130O. The third-order valence-electron chi connectivity index (χ3n) is 29.6. The summed E-state index contributed by atoms with van der Waals surface area (Å²) in [5.74, 6) is 14.2. The van der Waals surface area contributed by atoms with E-state index in [0.717, 1.165) is 108 Å². The second kappa shape index (κ2) is 18.5. The highest BCUT2D eigenvalue weighted by molar-refractivity contribution is 5.18. The van der Waals surface area contributed by atoms with Crippen LogP contribution in [0.25, 0.3) is 0 Å². The first-order chi connectivity index (χ1) is 34.1. The highest BCUT2D eigenvalue weighted by Crippen LogP contribution is 2.77. The van der Waals surface area contributed by atoms with Crippen molar-refractivity contribution < 1.29 is 5.11 Å². The highest BCUT2D eigenvalue weighted by atomic mass is 16.3. The van der Waals surface area contributed by atoms with Crippen molar-refractivity contribution in [3.8, 4) is 0 Å². The quantitative estimate of drug-likeness (QED) is 0.292. The van der Waals surface area contributed by atoms with Crippen LogP contribution in [0.2, 0.25) is 0 Å². The van der Waals surface area contributed by atoms with Gasteiger partial charge in [-0.15, -0.1) is 0 Å². The largest absolute Gasteiger partial charge is 0.390 e. The van der Waals surface area contributed by atoms with Crippen LogP contribution in [0.5, 0.6) is 0 Å². The van der Waals surface area contributed by atoms with Gasteiger partial charge in [0.1, 0.15) is 0 Å². The Hall–Kier alpha value is -0.0400. The first-order valence-corrected chi connectivity index (χ1v) is 33.9. The Morgan fingerprint density at radius 1 is 0.413 bits per heavy atom. The minimum Gasteiger partial charge on any atom is -0.390 e. The summed E-state index contributed by atoms with van der Waals surface area (Å²) in [6, 6.07) is 0. The number of fused-ring (bicyclic) bond motifs is 2. The van der Waals surface area contributed by atoms with Crippen LogP contribution in [-0.2, 0) is 0 Å². The van der Waals surface area contributed by atoms with E-state index < -0.39 is 0 Å². The lowest BCUT2D eigenvalue weighted by molar-refractivity contribution is -0.184. The fourth-order valence-electron chi connectivity index (χ4n) is 27.0. The molecule has 0 aromatic carbocycles. The third-order valence-corrected chi connectivity index (χ3v) is 29.6. The van der Waals surface area contributed by atoms with Gasteiger partial charge < -0.3 is 5.11 Å². The third kappa shape index (κ3) is 10.3. The molecule has 18 fully saturated rings. The second-order valence-corrected chi connectivity index (χ2v) is 39.8. The Morgan fingerprint density at radius 2 is 0.853 bits per heavy atom. The summed E-state index contributed by atoms with van der Waals surface area (Å²) in [5.41, 5.74) is 6.78. The van der Waals surface area contributed by atoms with E-state index in [-0.39, 0.29) is 5.60 Å². The monoisotopic (exact) mass is 1040 g/mol. The van der Waals surface area contributed by atoms with Crippen molar-refractivity contribution in [1.82, 2.24) is 0 Å². The van der Waals surface area contributed by atoms with Gasteiger partial charge in [0.2, 0.25) is 0 Å². The fourth-order valence-corrected chi connectivity index (χ4v) is 27.0. The molecule has 10 atom stereocenters. The maximum Gasteiger partial charge on any atom is 0.0658 e. The van der Waals surface area contributed by atoms with Crippen molar-refractivity contribution in [1.29, 1.82) is 0 Å². The van der Waals surface area contributed by atoms with Crippen molar-refractivity contribution in [2.75, 3.05) is 0 Å². The van der Waals surface area contributed by atoms with Gasteiger partial charge in [-0.1, -0.05) is 145 Å². The summed E-state index contributed by atoms with van der Waals surface area (Å²) in [6.45, 7) is 52.1. The van der Waals surface area contributed by atoms with Gasteiger partial charge in [-0.3, -0.25) is 0 Å². The maximum absolute atomic E-state index is 10.5. The average molecular weight is 1040 g/mol. The molecule has 0 amide bonds. The Labute approximate surface area is 468 Å². The smallest absolute Gasteiger partial charge is 0.0658 e. The van der Waals surface area contributed by atoms with Gasteiger partial charge in [0.15, 0.2) is 0 Å². The van der Waals surface area contributed by atoms with E-state index in [1.807, 2.05) is 0 Å². The molecule has 0 heterocycles. The molecule has 0 radical (unpaired) electrons. The van der Waals surface area contributed by atoms with Gasteiger partial charge in [-0.25, -0.2) is 0 Å². The summed E-state index contributed by atoms with van der Waals surface area (Å²) in [5, 5.41) is 10.5. The van der Waals surface area contributed by atoms with Gasteiger partial charge >= 0.3 is 0 Å². The van der Waals surface area contributed by atoms with Crippen LogP contribution >= 0.6 is 0 Å². The molecule has 18 bridgehead atoms. The van der Waals surface area contributed by atoms with Crippen LogP contribution in [0.3, 0.4) is 0 Å². The number of aliphatic hydroxyl groups is 1. The van der Waals surface area contributed by atoms with Crippen molar-refractivity contribution in [2.24, 2.45) is 148 Å². The van der Waals surface area contributed by atoms with Crippen LogP contribution in [-0.4, -0.2) is 10.7 Å². The SMILES string of the molecule is CC(C(C)(C)C)C12CC3CC(CC(C3)C1)C2.CC(C)(C)C12CC3C[C@@](C)(C1)C[C@](C)(C3)C2.CC(C)(C)C1C2CC3CC(C2)CC1C3.CC(C)(C)C1C[C@@]2(C)CC[C@]1(C)C2(C)C.CC(C)C12CC3CC(CC(O)(C3)C1)C2. The Kier molecular flexibility index (Phi) is 14.3. The molecule has 0 aromatic rings. The molecule has 0 aromatic heterocycles. The predicted molar refractivity (Wildman–Crippen MR) is 322 cm³/mol. The van der Waals surface area contributed by atoms with Crippen molar-refractivity contribution >= 4 is 0 Å². The van der Waals surface area contributed by atoms with Gasteiger partial charge in [0.25, 0.3) is 0 Å². The maximum atomic E-state index is 10.5. The lowest BCUT2D eigenvalue weighted by Crippen LogP contribution is -2.58. The lowest BCUT2D eigenvalue weighted by atomic mass is 9.36. The summed E-state index contributed by atoms with van der Waals surface area (Å²) in [6.07, 6.45) is 38.3. The number of hydrogen-bond donors (Lipinski definition) is 1. The fraction of sp³-hybridized carbons (Fsp3) is 1.00. The molecule has 18 rings (SSSR count). The molecule has 18 aliphatic rings. The van der Waals surface area contributed by atoms with E-state index in [1.165, 1.54) is 77.0 Å². The molecule has 6 unspecified atom stereocenters. The predicted octanol–water partition coefficient (Wildman–Crippen LogP) is 21.9. The van der Waals surface area contributed by atoms with Crippen LogP contribution in [0.1, 0.15) is 312 Å². The highest BCUT2D eigenvalue weighted by Gasteiger charge is 2.69. The minimum atomic E-state index is -0.256. The van der Waals surface area contributed by atoms with Crippen LogP contribution < -0.4 is 0 Å². The van der Waals surface area contributed by atoms with E-state index >= 15 is 0 Å². The standard InChI is InChI=1S/2C16H28.C15H28.C14H24.C13H22O/c1-13(2,3)16-8-12-6-14(4,10-16)9-15(5,7-12)11-16;1-11(15(2,3)4)16-8-12-5-13(9-16)7-14(6-12)10-16;1-12(2,3)11-10-14(6)8-9-15(11,7)13(14,4)5;1-14(2,3)13-11-5-9-4-10(7-11)8-12(13)6-9;1-9(2)12-4-10-3-11(5-12)7-13(14,6-10)8-12/h12H,6-11H2,1-5H3;11-14H,5-10H2,1-4H3;11H,8-10H2,1-7H3;9-13H,4-8H2,1-3H3;9-11,14H,3-8H2,1-2H3/t12?,14-,15+,16?;;11?,14-,15+;;/m..1../s1. The Bertz CT molecular complexity index is 1950. The number of rotatable bonds is 2. The summed E-state index contributed by atoms with van der Waals surface area (Å²) in [4.78, 5) is 0. The lowest BCUT2D eigenvalue weighted by Gasteiger charge is -2.69. The molecule has 0 saturated heterocycles. The van der Waals surface area contributed by atoms with E-state index in [4.69, 9.17) is 0 Å². The molecule has 1 heteroatoms. The zero-order valence-electron chi connectivity index (χ0n) is 54.4. The molecule has 75 heavy (non-hydrogen) atoms. The molecular weight excluding hydrogens is 905 g/mol. The molecule has 0 spiro atoms. The van der Waals surface area contributed by atoms with Crippen molar-refractivity contribution in [3.05, 3.63) is 0 Å². The van der Waals surface area contributed by atoms with Gasteiger partial charge in [0.05, 0.1) is 5.60 Å². The van der Waals surface area contributed by atoms with Crippen LogP contribution in [0, 0.1) is 148 Å². The molecule has 1 N–H and O–H groups in total. The van der Waals surface area contributed by atoms with Crippen molar-refractivity contribution in [2.45, 2.75) is 318 Å². The van der Waals surface area contributed by atoms with Crippen molar-refractivity contribution in [3.63, 3.8) is 0 Å². The molecule has 0 aliphatic heterocycles. The molecule has 18 aliphatic carbocycles. The molecule has 1 nitrogen and oxygen atoms in total. The Morgan fingerprint density at radius 3 is 1.19 bits per heavy atom. The first kappa shape index (κ1) is 58.2. The van der Waals surface area contributed by atoms with E-state index in [1.54, 1.807) is 70.6 Å². The van der Waals surface area contributed by atoms with Crippen LogP contribution in [0.15, 0.2) is 0 Å². The van der Waals surface area contributed by atoms with Gasteiger partial charge in [0, 0.05) is 0 Å². The average Bonchev–Trinajstić information content (AvgIpc) is 3.49. The normalized spacial score (nSPS) is 51.9. The zero-order valence-corrected chi connectivity index (χ0v) is 54.4.